The molecule has 0 saturated carbocycles. The first kappa shape index (κ1) is 65.4. The molecule has 0 saturated heterocycles. The molecule has 0 heterocycles. The van der Waals surface area contributed by atoms with E-state index in [2.05, 4.69) is 69.4 Å². The average Bonchev–Trinajstić information content (AvgIpc) is 3.34. The lowest BCUT2D eigenvalue weighted by atomic mass is 10.0. The summed E-state index contributed by atoms with van der Waals surface area (Å²) in [4.78, 5) is 38.1. The largest absolute Gasteiger partial charge is 0.462 e. The van der Waals surface area contributed by atoms with Crippen molar-refractivity contribution in [3.8, 4) is 0 Å². The zero-order chi connectivity index (χ0) is 49.3. The van der Waals surface area contributed by atoms with E-state index in [4.69, 9.17) is 14.2 Å². The summed E-state index contributed by atoms with van der Waals surface area (Å²) in [6, 6.07) is 0. The maximum absolute atomic E-state index is 12.8. The van der Waals surface area contributed by atoms with Gasteiger partial charge in [-0.1, -0.05) is 262 Å². The summed E-state index contributed by atoms with van der Waals surface area (Å²) in [5.41, 5.74) is 0. The molecule has 0 aromatic heterocycles. The smallest absolute Gasteiger partial charge is 0.306 e. The molecule has 0 aliphatic rings. The normalized spacial score (nSPS) is 12.3. The van der Waals surface area contributed by atoms with E-state index >= 15 is 0 Å². The second-order valence-electron chi connectivity index (χ2n) is 19.9. The van der Waals surface area contributed by atoms with Crippen molar-refractivity contribution < 1.29 is 28.6 Å². The maximum Gasteiger partial charge on any atom is 0.306 e. The molecule has 0 bridgehead atoms. The van der Waals surface area contributed by atoms with Gasteiger partial charge in [0.15, 0.2) is 6.10 Å². The molecule has 0 N–H and O–H groups in total. The monoisotopic (exact) mass is 953 g/mol. The Morgan fingerprint density at radius 2 is 0.544 bits per heavy atom. The molecule has 0 aromatic rings. The molecule has 0 fully saturated rings. The highest BCUT2D eigenvalue weighted by Crippen LogP contribution is 2.16. The van der Waals surface area contributed by atoms with Crippen molar-refractivity contribution in [3.63, 3.8) is 0 Å². The van der Waals surface area contributed by atoms with E-state index in [1.165, 1.54) is 205 Å². The van der Waals surface area contributed by atoms with Crippen LogP contribution in [0.15, 0.2) is 48.6 Å². The fourth-order valence-corrected chi connectivity index (χ4v) is 8.57. The highest BCUT2D eigenvalue weighted by molar-refractivity contribution is 5.71. The molecule has 6 nitrogen and oxygen atoms in total. The molecule has 0 rings (SSSR count). The van der Waals surface area contributed by atoms with Crippen LogP contribution in [0.2, 0.25) is 0 Å². The molecule has 0 unspecified atom stereocenters. The van der Waals surface area contributed by atoms with Gasteiger partial charge in [-0.25, -0.2) is 0 Å². The molecule has 0 aliphatic carbocycles. The third kappa shape index (κ3) is 54.3. The molecule has 6 heteroatoms. The van der Waals surface area contributed by atoms with Gasteiger partial charge in [0.05, 0.1) is 0 Å². The molecule has 1 atom stereocenters. The van der Waals surface area contributed by atoms with Crippen LogP contribution >= 0.6 is 0 Å². The van der Waals surface area contributed by atoms with Crippen LogP contribution in [0, 0.1) is 0 Å². The predicted octanol–water partition coefficient (Wildman–Crippen LogP) is 19.8. The van der Waals surface area contributed by atoms with Gasteiger partial charge in [-0.05, 0) is 77.0 Å². The van der Waals surface area contributed by atoms with E-state index in [1.807, 2.05) is 0 Å². The number of hydrogen-bond donors (Lipinski definition) is 0. The van der Waals surface area contributed by atoms with Gasteiger partial charge in [-0.15, -0.1) is 0 Å². The zero-order valence-corrected chi connectivity index (χ0v) is 45.4. The maximum atomic E-state index is 12.8. The van der Waals surface area contributed by atoms with Crippen molar-refractivity contribution in [2.24, 2.45) is 0 Å². The molecular formula is C62H112O6. The van der Waals surface area contributed by atoms with Gasteiger partial charge in [-0.2, -0.15) is 0 Å². The van der Waals surface area contributed by atoms with Gasteiger partial charge in [0, 0.05) is 19.3 Å². The molecule has 0 aromatic carbocycles. The van der Waals surface area contributed by atoms with Crippen LogP contribution in [0.1, 0.15) is 310 Å². The second-order valence-corrected chi connectivity index (χ2v) is 19.9. The molecule has 0 amide bonds. The standard InChI is InChI=1S/C62H112O6/c1-4-7-10-13-16-19-22-25-27-29-30-31-32-34-36-38-41-43-46-49-52-55-61(64)67-58-59(68-62(65)56-53-50-47-44-39-24-21-18-15-12-9-6-3)57-66-60(63)54-51-48-45-42-40-37-35-33-28-26-23-20-17-14-11-8-5-2/h25-28,35,37,42,45,59H,4-24,29-34,36,38-41,43-44,46-58H2,1-3H3/b27-25-,28-26-,37-35-,45-42-/t59-/m0/s1. The van der Waals surface area contributed by atoms with Crippen molar-refractivity contribution in [3.05, 3.63) is 48.6 Å². The second kappa shape index (κ2) is 57.0. The minimum absolute atomic E-state index is 0.0859. The highest BCUT2D eigenvalue weighted by Gasteiger charge is 2.19. The van der Waals surface area contributed by atoms with Crippen LogP contribution in [0.5, 0.6) is 0 Å². The molecular weight excluding hydrogens is 841 g/mol. The van der Waals surface area contributed by atoms with E-state index in [1.54, 1.807) is 0 Å². The fourth-order valence-electron chi connectivity index (χ4n) is 8.57. The van der Waals surface area contributed by atoms with Crippen LogP contribution in [0.3, 0.4) is 0 Å². The molecule has 0 radical (unpaired) electrons. The number of unbranched alkanes of at least 4 members (excludes halogenated alkanes) is 35. The van der Waals surface area contributed by atoms with Crippen LogP contribution in [-0.2, 0) is 28.6 Å². The van der Waals surface area contributed by atoms with Gasteiger partial charge >= 0.3 is 17.9 Å². The number of esters is 3. The first-order valence-corrected chi connectivity index (χ1v) is 29.6. The average molecular weight is 954 g/mol. The van der Waals surface area contributed by atoms with Crippen LogP contribution in [-0.4, -0.2) is 37.2 Å². The minimum Gasteiger partial charge on any atom is -0.462 e. The van der Waals surface area contributed by atoms with Crippen molar-refractivity contribution in [2.45, 2.75) is 316 Å². The number of carbonyl (C=O) groups excluding carboxylic acids is 3. The Morgan fingerprint density at radius 1 is 0.294 bits per heavy atom. The number of allylic oxidation sites excluding steroid dienone is 8. The topological polar surface area (TPSA) is 78.9 Å². The Hall–Kier alpha value is -2.63. The lowest BCUT2D eigenvalue weighted by Gasteiger charge is -2.18. The number of hydrogen-bond acceptors (Lipinski definition) is 6. The third-order valence-electron chi connectivity index (χ3n) is 13.1. The number of ether oxygens (including phenoxy) is 3. The Balaban J connectivity index is 4.34. The van der Waals surface area contributed by atoms with Crippen LogP contribution in [0.4, 0.5) is 0 Å². The summed E-state index contributed by atoms with van der Waals surface area (Å²) < 4.78 is 16.8. The third-order valence-corrected chi connectivity index (χ3v) is 13.1. The minimum atomic E-state index is -0.790. The van der Waals surface area contributed by atoms with Crippen LogP contribution in [0.25, 0.3) is 0 Å². The molecule has 68 heavy (non-hydrogen) atoms. The lowest BCUT2D eigenvalue weighted by Crippen LogP contribution is -2.30. The first-order chi connectivity index (χ1) is 33.5. The molecule has 0 spiro atoms. The van der Waals surface area contributed by atoms with Crippen molar-refractivity contribution in [1.29, 1.82) is 0 Å². The van der Waals surface area contributed by atoms with E-state index < -0.39 is 6.10 Å². The van der Waals surface area contributed by atoms with Crippen LogP contribution < -0.4 is 0 Å². The van der Waals surface area contributed by atoms with E-state index in [0.29, 0.717) is 25.7 Å². The number of rotatable bonds is 54. The van der Waals surface area contributed by atoms with Crippen molar-refractivity contribution >= 4 is 17.9 Å². The fraction of sp³-hybridized carbons (Fsp3) is 0.823. The lowest BCUT2D eigenvalue weighted by molar-refractivity contribution is -0.167. The molecule has 396 valence electrons. The van der Waals surface area contributed by atoms with Gasteiger partial charge in [-0.3, -0.25) is 14.4 Å². The predicted molar refractivity (Wildman–Crippen MR) is 293 cm³/mol. The summed E-state index contributed by atoms with van der Waals surface area (Å²) in [5.74, 6) is -0.927. The number of carbonyl (C=O) groups is 3. The summed E-state index contributed by atoms with van der Waals surface area (Å²) >= 11 is 0. The van der Waals surface area contributed by atoms with E-state index in [-0.39, 0.29) is 31.1 Å². The summed E-state index contributed by atoms with van der Waals surface area (Å²) in [7, 11) is 0. The Labute approximate surface area is 422 Å². The van der Waals surface area contributed by atoms with E-state index in [9.17, 15) is 14.4 Å². The van der Waals surface area contributed by atoms with Gasteiger partial charge in [0.1, 0.15) is 13.2 Å². The van der Waals surface area contributed by atoms with Gasteiger partial charge in [0.2, 0.25) is 0 Å². The summed E-state index contributed by atoms with van der Waals surface area (Å²) in [6.45, 7) is 6.62. The Kier molecular flexibility index (Phi) is 54.8. The van der Waals surface area contributed by atoms with E-state index in [0.717, 1.165) is 57.8 Å². The van der Waals surface area contributed by atoms with Gasteiger partial charge in [0.25, 0.3) is 0 Å². The zero-order valence-electron chi connectivity index (χ0n) is 45.4. The summed E-state index contributed by atoms with van der Waals surface area (Å²) in [6.07, 6.45) is 69.7. The SMILES string of the molecule is CCCCCCCC/C=C\C/C=C\C/C=C\CCCC(=O)OC[C@@H](COC(=O)CCCCCCCCCCCCC/C=C\CCCCCCCC)OC(=O)CCCCCCCCCCCCCC. The highest BCUT2D eigenvalue weighted by atomic mass is 16.6. The first-order valence-electron chi connectivity index (χ1n) is 29.6. The quantitative estimate of drug-likeness (QED) is 0.0262. The van der Waals surface area contributed by atoms with Gasteiger partial charge < -0.3 is 14.2 Å². The Bertz CT molecular complexity index is 1190. The molecule has 0 aliphatic heterocycles. The van der Waals surface area contributed by atoms with Crippen molar-refractivity contribution in [2.75, 3.05) is 13.2 Å². The summed E-state index contributed by atoms with van der Waals surface area (Å²) in [5, 5.41) is 0. The Morgan fingerprint density at radius 3 is 0.897 bits per heavy atom. The van der Waals surface area contributed by atoms with Crippen molar-refractivity contribution in [1.82, 2.24) is 0 Å².